The Morgan fingerprint density at radius 3 is 2.58 bits per heavy atom. The molecule has 0 aliphatic carbocycles. The van der Waals surface area contributed by atoms with Crippen molar-refractivity contribution in [1.29, 1.82) is 0 Å². The molecule has 0 saturated heterocycles. The van der Waals surface area contributed by atoms with Gasteiger partial charge in [0.1, 0.15) is 11.5 Å². The van der Waals surface area contributed by atoms with Crippen molar-refractivity contribution in [3.8, 4) is 11.3 Å². The van der Waals surface area contributed by atoms with Gasteiger partial charge in [-0.25, -0.2) is 4.98 Å². The molecule has 0 unspecified atom stereocenters. The molecule has 0 radical (unpaired) electrons. The summed E-state index contributed by atoms with van der Waals surface area (Å²) in [5.41, 5.74) is 1.83. The van der Waals surface area contributed by atoms with Crippen LogP contribution in [-0.2, 0) is 0 Å². The van der Waals surface area contributed by atoms with Crippen molar-refractivity contribution in [3.63, 3.8) is 0 Å². The molecule has 0 aliphatic rings. The van der Waals surface area contributed by atoms with Gasteiger partial charge < -0.3 is 5.32 Å². The molecule has 0 atom stereocenters. The molecular weight excluding hydrogens is 236 g/mol. The average Bonchev–Trinajstić information content (AvgIpc) is 2.46. The van der Waals surface area contributed by atoms with Crippen LogP contribution >= 0.6 is 0 Å². The zero-order chi connectivity index (χ0) is 13.2. The van der Waals surface area contributed by atoms with Crippen LogP contribution in [0.25, 0.3) is 22.0 Å². The highest BCUT2D eigenvalue weighted by molar-refractivity contribution is 5.97. The molecule has 0 aliphatic heterocycles. The van der Waals surface area contributed by atoms with Gasteiger partial charge in [-0.05, 0) is 17.7 Å². The van der Waals surface area contributed by atoms with E-state index in [2.05, 4.69) is 38.7 Å². The standard InChI is InChI=1S/C15H14N4/c1-10-17-15(16-2)14(19-18-10)13-9-5-7-11-6-3-4-8-12(11)13/h3-9H,1-2H3,(H,16,17,18). The summed E-state index contributed by atoms with van der Waals surface area (Å²) in [6.45, 7) is 1.83. The van der Waals surface area contributed by atoms with Crippen molar-refractivity contribution >= 4 is 16.6 Å². The Labute approximate surface area is 111 Å². The third kappa shape index (κ3) is 2.01. The number of hydrogen-bond donors (Lipinski definition) is 1. The Hall–Kier alpha value is -2.49. The van der Waals surface area contributed by atoms with E-state index in [0.717, 1.165) is 22.5 Å². The molecule has 0 saturated carbocycles. The highest BCUT2D eigenvalue weighted by atomic mass is 15.2. The smallest absolute Gasteiger partial charge is 0.156 e. The maximum atomic E-state index is 4.39. The molecule has 1 N–H and O–H groups in total. The van der Waals surface area contributed by atoms with Gasteiger partial charge >= 0.3 is 0 Å². The summed E-state index contributed by atoms with van der Waals surface area (Å²) in [5.74, 6) is 1.41. The molecule has 3 rings (SSSR count). The van der Waals surface area contributed by atoms with Gasteiger partial charge in [-0.15, -0.1) is 10.2 Å². The number of aromatic nitrogens is 3. The van der Waals surface area contributed by atoms with E-state index in [9.17, 15) is 0 Å². The van der Waals surface area contributed by atoms with Gasteiger partial charge in [-0.1, -0.05) is 42.5 Å². The van der Waals surface area contributed by atoms with Crippen molar-refractivity contribution < 1.29 is 0 Å². The van der Waals surface area contributed by atoms with E-state index in [0.29, 0.717) is 5.82 Å². The first-order valence-electron chi connectivity index (χ1n) is 6.17. The van der Waals surface area contributed by atoms with E-state index in [1.807, 2.05) is 38.2 Å². The van der Waals surface area contributed by atoms with Crippen molar-refractivity contribution in [2.45, 2.75) is 6.92 Å². The molecule has 0 spiro atoms. The SMILES string of the molecule is CNc1nc(C)nnc1-c1cccc2ccccc12. The van der Waals surface area contributed by atoms with Gasteiger partial charge in [0.25, 0.3) is 0 Å². The van der Waals surface area contributed by atoms with E-state index in [1.54, 1.807) is 0 Å². The second kappa shape index (κ2) is 4.65. The molecule has 2 aromatic carbocycles. The van der Waals surface area contributed by atoms with Crippen molar-refractivity contribution in [3.05, 3.63) is 48.3 Å². The van der Waals surface area contributed by atoms with E-state index in [4.69, 9.17) is 0 Å². The van der Waals surface area contributed by atoms with E-state index < -0.39 is 0 Å². The van der Waals surface area contributed by atoms with E-state index in [-0.39, 0.29) is 0 Å². The van der Waals surface area contributed by atoms with Crippen molar-refractivity contribution in [1.82, 2.24) is 15.2 Å². The third-order valence-corrected chi connectivity index (χ3v) is 3.07. The Balaban J connectivity index is 2.30. The lowest BCUT2D eigenvalue weighted by Gasteiger charge is -2.09. The minimum atomic E-state index is 0.660. The number of anilines is 1. The van der Waals surface area contributed by atoms with E-state index in [1.165, 1.54) is 5.39 Å². The summed E-state index contributed by atoms with van der Waals surface area (Å²) >= 11 is 0. The number of nitrogens with zero attached hydrogens (tertiary/aromatic N) is 3. The number of nitrogens with one attached hydrogen (secondary N) is 1. The monoisotopic (exact) mass is 250 g/mol. The molecule has 1 aromatic heterocycles. The van der Waals surface area contributed by atoms with Gasteiger partial charge in [-0.2, -0.15) is 0 Å². The largest absolute Gasteiger partial charge is 0.371 e. The molecule has 3 aromatic rings. The number of benzene rings is 2. The molecule has 4 nitrogen and oxygen atoms in total. The zero-order valence-corrected chi connectivity index (χ0v) is 10.9. The van der Waals surface area contributed by atoms with Crippen molar-refractivity contribution in [2.75, 3.05) is 12.4 Å². The summed E-state index contributed by atoms with van der Waals surface area (Å²) in [5, 5.41) is 13.8. The van der Waals surface area contributed by atoms with Gasteiger partial charge in [0.15, 0.2) is 5.82 Å². The predicted molar refractivity (Wildman–Crippen MR) is 77.1 cm³/mol. The third-order valence-electron chi connectivity index (χ3n) is 3.07. The van der Waals surface area contributed by atoms with Gasteiger partial charge in [0, 0.05) is 12.6 Å². The predicted octanol–water partition coefficient (Wildman–Crippen LogP) is 3.04. The van der Waals surface area contributed by atoms with Crippen LogP contribution in [0.3, 0.4) is 0 Å². The topological polar surface area (TPSA) is 50.7 Å². The molecule has 0 bridgehead atoms. The summed E-state index contributed by atoms with van der Waals surface area (Å²) < 4.78 is 0. The lowest BCUT2D eigenvalue weighted by molar-refractivity contribution is 0.917. The normalized spacial score (nSPS) is 10.6. The Kier molecular flexibility index (Phi) is 2.83. The number of rotatable bonds is 2. The molecule has 4 heteroatoms. The lowest BCUT2D eigenvalue weighted by atomic mass is 10.0. The van der Waals surface area contributed by atoms with Gasteiger partial charge in [-0.3, -0.25) is 0 Å². The summed E-state index contributed by atoms with van der Waals surface area (Å²) in [6.07, 6.45) is 0. The first-order valence-corrected chi connectivity index (χ1v) is 6.17. The van der Waals surface area contributed by atoms with Crippen molar-refractivity contribution in [2.24, 2.45) is 0 Å². The first kappa shape index (κ1) is 11.6. The molecule has 0 amide bonds. The summed E-state index contributed by atoms with van der Waals surface area (Å²) in [7, 11) is 1.85. The maximum Gasteiger partial charge on any atom is 0.156 e. The van der Waals surface area contributed by atoms with Crippen LogP contribution in [0.4, 0.5) is 5.82 Å². The summed E-state index contributed by atoms with van der Waals surface area (Å²) in [6, 6.07) is 14.4. The minimum absolute atomic E-state index is 0.660. The van der Waals surface area contributed by atoms with Crippen LogP contribution in [-0.4, -0.2) is 22.2 Å². The molecular formula is C15H14N4. The number of aryl methyl sites for hydroxylation is 1. The second-order valence-corrected chi connectivity index (χ2v) is 4.33. The van der Waals surface area contributed by atoms with Gasteiger partial charge in [0.05, 0.1) is 0 Å². The zero-order valence-electron chi connectivity index (χ0n) is 10.9. The number of fused-ring (bicyclic) bond motifs is 1. The Morgan fingerprint density at radius 2 is 1.74 bits per heavy atom. The molecule has 94 valence electrons. The maximum absolute atomic E-state index is 4.39. The summed E-state index contributed by atoms with van der Waals surface area (Å²) in [4.78, 5) is 4.39. The van der Waals surface area contributed by atoms with Crippen LogP contribution < -0.4 is 5.32 Å². The molecule has 19 heavy (non-hydrogen) atoms. The fourth-order valence-electron chi connectivity index (χ4n) is 2.19. The van der Waals surface area contributed by atoms with Crippen LogP contribution in [0.15, 0.2) is 42.5 Å². The lowest BCUT2D eigenvalue weighted by Crippen LogP contribution is -2.02. The molecule has 1 heterocycles. The minimum Gasteiger partial charge on any atom is -0.371 e. The fourth-order valence-corrected chi connectivity index (χ4v) is 2.19. The van der Waals surface area contributed by atoms with Crippen LogP contribution in [0.1, 0.15) is 5.82 Å². The van der Waals surface area contributed by atoms with Crippen LogP contribution in [0.5, 0.6) is 0 Å². The first-order chi connectivity index (χ1) is 9.29. The number of hydrogen-bond acceptors (Lipinski definition) is 4. The quantitative estimate of drug-likeness (QED) is 0.759. The second-order valence-electron chi connectivity index (χ2n) is 4.33. The van der Waals surface area contributed by atoms with E-state index >= 15 is 0 Å². The fraction of sp³-hybridized carbons (Fsp3) is 0.133. The highest BCUT2D eigenvalue weighted by Crippen LogP contribution is 2.30. The Bertz CT molecular complexity index is 732. The molecule has 0 fully saturated rings. The highest BCUT2D eigenvalue weighted by Gasteiger charge is 2.11. The van der Waals surface area contributed by atoms with Crippen LogP contribution in [0, 0.1) is 6.92 Å². The Morgan fingerprint density at radius 1 is 0.947 bits per heavy atom. The van der Waals surface area contributed by atoms with Crippen LogP contribution in [0.2, 0.25) is 0 Å². The average molecular weight is 250 g/mol. The van der Waals surface area contributed by atoms with Gasteiger partial charge in [0.2, 0.25) is 0 Å².